The Morgan fingerprint density at radius 2 is 1.71 bits per heavy atom. The normalized spacial score (nSPS) is 16.3. The fourth-order valence-electron chi connectivity index (χ4n) is 3.63. The smallest absolute Gasteiger partial charge is 0.243 e. The molecule has 2 N–H and O–H groups in total. The largest absolute Gasteiger partial charge is 0.378 e. The van der Waals surface area contributed by atoms with E-state index in [4.69, 9.17) is 0 Å². The van der Waals surface area contributed by atoms with Gasteiger partial charge in [0.05, 0.1) is 19.6 Å². The third kappa shape index (κ3) is 4.68. The summed E-state index contributed by atoms with van der Waals surface area (Å²) in [6.45, 7) is 2.03. The molecule has 152 valence electrons. The second kappa shape index (κ2) is 8.55. The van der Waals surface area contributed by atoms with Crippen LogP contribution in [0.15, 0.2) is 47.4 Å². The fourth-order valence-corrected chi connectivity index (χ4v) is 4.77. The third-order valence-electron chi connectivity index (χ3n) is 5.21. The lowest BCUT2D eigenvalue weighted by Crippen LogP contribution is -3.11. The van der Waals surface area contributed by atoms with Gasteiger partial charge in [0.1, 0.15) is 22.6 Å². The van der Waals surface area contributed by atoms with E-state index < -0.39 is 26.6 Å². The first kappa shape index (κ1) is 20.7. The van der Waals surface area contributed by atoms with Gasteiger partial charge in [-0.05, 0) is 30.3 Å². The van der Waals surface area contributed by atoms with Crippen LogP contribution in [0.25, 0.3) is 0 Å². The van der Waals surface area contributed by atoms with Crippen molar-refractivity contribution in [3.63, 3.8) is 0 Å². The van der Waals surface area contributed by atoms with Crippen LogP contribution in [-0.2, 0) is 10.0 Å². The van der Waals surface area contributed by atoms with Crippen LogP contribution >= 0.6 is 0 Å². The number of halogens is 2. The molecule has 2 aromatic rings. The van der Waals surface area contributed by atoms with E-state index in [0.29, 0.717) is 6.07 Å². The van der Waals surface area contributed by atoms with Gasteiger partial charge in [-0.1, -0.05) is 12.1 Å². The van der Waals surface area contributed by atoms with Crippen LogP contribution < -0.4 is 14.5 Å². The summed E-state index contributed by atoms with van der Waals surface area (Å²) in [5, 5.41) is 0. The van der Waals surface area contributed by atoms with Crippen molar-refractivity contribution in [2.75, 3.05) is 38.6 Å². The summed E-state index contributed by atoms with van der Waals surface area (Å²) in [7, 11) is -0.238. The van der Waals surface area contributed by atoms with Crippen LogP contribution in [0.2, 0.25) is 0 Å². The molecule has 1 aliphatic heterocycles. The molecule has 1 fully saturated rings. The Hall–Kier alpha value is -2.03. The van der Waals surface area contributed by atoms with Crippen molar-refractivity contribution in [3.05, 3.63) is 59.7 Å². The zero-order valence-corrected chi connectivity index (χ0v) is 16.9. The third-order valence-corrected chi connectivity index (χ3v) is 6.65. The Labute approximate surface area is 165 Å². The van der Waals surface area contributed by atoms with Crippen molar-refractivity contribution < 1.29 is 22.1 Å². The van der Waals surface area contributed by atoms with Gasteiger partial charge in [-0.2, -0.15) is 0 Å². The second-order valence-electron chi connectivity index (χ2n) is 7.33. The van der Waals surface area contributed by atoms with E-state index in [2.05, 4.69) is 4.72 Å². The number of benzene rings is 2. The lowest BCUT2D eigenvalue weighted by Gasteiger charge is -2.26. The minimum Gasteiger partial charge on any atom is -0.378 e. The number of rotatable bonds is 7. The molecule has 0 aromatic heterocycles. The molecular weight excluding hydrogens is 384 g/mol. The van der Waals surface area contributed by atoms with Gasteiger partial charge in [0.15, 0.2) is 0 Å². The maximum atomic E-state index is 13.9. The van der Waals surface area contributed by atoms with Crippen LogP contribution in [0.1, 0.15) is 24.4 Å². The zero-order valence-electron chi connectivity index (χ0n) is 16.1. The van der Waals surface area contributed by atoms with Crippen molar-refractivity contribution in [1.82, 2.24) is 4.72 Å². The summed E-state index contributed by atoms with van der Waals surface area (Å²) in [5.41, 5.74) is 2.08. The standard InChI is InChI=1S/C20H25F2N3O2S/c1-24(2)17-8-5-15(6-9-17)19(25-11-3-4-12-25)14-23-28(26,27)20-13-16(21)7-10-18(20)22/h5-10,13,19,23H,3-4,11-12,14H2,1-2H3/p+1/t19-/m1/s1. The van der Waals surface area contributed by atoms with Crippen LogP contribution in [0.3, 0.4) is 0 Å². The van der Waals surface area contributed by atoms with E-state index in [0.717, 1.165) is 49.3 Å². The second-order valence-corrected chi connectivity index (χ2v) is 9.07. The monoisotopic (exact) mass is 410 g/mol. The number of nitrogens with one attached hydrogen (secondary N) is 2. The summed E-state index contributed by atoms with van der Waals surface area (Å²) in [6.07, 6.45) is 2.18. The van der Waals surface area contributed by atoms with Gasteiger partial charge in [0.25, 0.3) is 0 Å². The summed E-state index contributed by atoms with van der Waals surface area (Å²) in [6, 6.07) is 10.3. The van der Waals surface area contributed by atoms with E-state index in [1.165, 1.54) is 4.90 Å². The SMILES string of the molecule is CN(C)c1ccc([C@@H](CNS(=O)(=O)c2cc(F)ccc2F)[NH+]2CCCC2)cc1. The number of anilines is 1. The Kier molecular flexibility index (Phi) is 6.32. The number of quaternary nitrogens is 1. The predicted octanol–water partition coefficient (Wildman–Crippen LogP) is 1.73. The van der Waals surface area contributed by atoms with Gasteiger partial charge < -0.3 is 9.80 Å². The number of hydrogen-bond acceptors (Lipinski definition) is 3. The van der Waals surface area contributed by atoms with E-state index in [-0.39, 0.29) is 12.6 Å². The quantitative estimate of drug-likeness (QED) is 0.731. The molecule has 1 saturated heterocycles. The molecule has 8 heteroatoms. The highest BCUT2D eigenvalue weighted by atomic mass is 32.2. The number of likely N-dealkylation sites (tertiary alicyclic amines) is 1. The van der Waals surface area contributed by atoms with Crippen molar-refractivity contribution >= 4 is 15.7 Å². The molecule has 0 saturated carbocycles. The van der Waals surface area contributed by atoms with Gasteiger partial charge in [0, 0.05) is 38.2 Å². The number of sulfonamides is 1. The van der Waals surface area contributed by atoms with Crippen LogP contribution in [0.5, 0.6) is 0 Å². The molecule has 0 bridgehead atoms. The van der Waals surface area contributed by atoms with Gasteiger partial charge in [-0.15, -0.1) is 0 Å². The molecule has 0 radical (unpaired) electrons. The molecule has 3 rings (SSSR count). The van der Waals surface area contributed by atoms with Crippen molar-refractivity contribution in [3.8, 4) is 0 Å². The zero-order chi connectivity index (χ0) is 20.3. The Morgan fingerprint density at radius 1 is 1.07 bits per heavy atom. The van der Waals surface area contributed by atoms with Crippen LogP contribution in [-0.4, -0.2) is 42.1 Å². The molecule has 2 aromatic carbocycles. The minimum absolute atomic E-state index is 0.0925. The topological polar surface area (TPSA) is 53.9 Å². The highest BCUT2D eigenvalue weighted by Gasteiger charge is 2.30. The Bertz CT molecular complexity index is 912. The average Bonchev–Trinajstić information content (AvgIpc) is 3.18. The predicted molar refractivity (Wildman–Crippen MR) is 105 cm³/mol. The van der Waals surface area contributed by atoms with Crippen LogP contribution in [0.4, 0.5) is 14.5 Å². The summed E-state index contributed by atoms with van der Waals surface area (Å²) in [5.74, 6) is -1.75. The highest BCUT2D eigenvalue weighted by molar-refractivity contribution is 7.89. The first-order chi connectivity index (χ1) is 13.3. The average molecular weight is 411 g/mol. The molecule has 0 spiro atoms. The lowest BCUT2D eigenvalue weighted by molar-refractivity contribution is -0.918. The molecule has 1 heterocycles. The summed E-state index contributed by atoms with van der Waals surface area (Å²) in [4.78, 5) is 2.63. The van der Waals surface area contributed by atoms with Gasteiger partial charge in [-0.25, -0.2) is 21.9 Å². The molecule has 0 aliphatic carbocycles. The van der Waals surface area contributed by atoms with Gasteiger partial charge in [0.2, 0.25) is 10.0 Å². The maximum absolute atomic E-state index is 13.9. The minimum atomic E-state index is -4.15. The van der Waals surface area contributed by atoms with Gasteiger partial charge in [-0.3, -0.25) is 0 Å². The summed E-state index contributed by atoms with van der Waals surface area (Å²) >= 11 is 0. The van der Waals surface area contributed by atoms with E-state index >= 15 is 0 Å². The fraction of sp³-hybridized carbons (Fsp3) is 0.400. The molecule has 0 unspecified atom stereocenters. The maximum Gasteiger partial charge on any atom is 0.243 e. The Balaban J connectivity index is 1.82. The number of hydrogen-bond donors (Lipinski definition) is 2. The lowest BCUT2D eigenvalue weighted by atomic mass is 10.1. The molecule has 5 nitrogen and oxygen atoms in total. The van der Waals surface area contributed by atoms with Crippen LogP contribution in [0, 0.1) is 11.6 Å². The van der Waals surface area contributed by atoms with Gasteiger partial charge >= 0.3 is 0 Å². The van der Waals surface area contributed by atoms with E-state index in [1.54, 1.807) is 0 Å². The first-order valence-electron chi connectivity index (χ1n) is 9.34. The van der Waals surface area contributed by atoms with E-state index in [1.807, 2.05) is 43.3 Å². The number of nitrogens with zero attached hydrogens (tertiary/aromatic N) is 1. The molecule has 1 atom stereocenters. The van der Waals surface area contributed by atoms with Crippen molar-refractivity contribution in [2.24, 2.45) is 0 Å². The Morgan fingerprint density at radius 3 is 2.32 bits per heavy atom. The van der Waals surface area contributed by atoms with E-state index in [9.17, 15) is 17.2 Å². The molecular formula is C20H26F2N3O2S+. The first-order valence-corrected chi connectivity index (χ1v) is 10.8. The summed E-state index contributed by atoms with van der Waals surface area (Å²) < 4.78 is 55.0. The highest BCUT2D eigenvalue weighted by Crippen LogP contribution is 2.19. The van der Waals surface area contributed by atoms with Crippen molar-refractivity contribution in [2.45, 2.75) is 23.8 Å². The molecule has 0 amide bonds. The molecule has 1 aliphatic rings. The molecule has 28 heavy (non-hydrogen) atoms. The van der Waals surface area contributed by atoms with Crippen molar-refractivity contribution in [1.29, 1.82) is 0 Å².